The molecule has 9 heteroatoms. The number of rotatable bonds is 4. The van der Waals surface area contributed by atoms with Crippen LogP contribution in [0.15, 0.2) is 51.3 Å². The number of allylic oxidation sites excluding steroid dienone is 1. The Balaban J connectivity index is 1.74. The van der Waals surface area contributed by atoms with Crippen molar-refractivity contribution in [1.29, 1.82) is 0 Å². The Labute approximate surface area is 174 Å². The highest BCUT2D eigenvalue weighted by atomic mass is 32.2. The average Bonchev–Trinajstić information content (AvgIpc) is 3.33. The summed E-state index contributed by atoms with van der Waals surface area (Å²) in [5.74, 6) is 1.04. The second kappa shape index (κ2) is 7.59. The van der Waals surface area contributed by atoms with Gasteiger partial charge < -0.3 is 4.42 Å². The zero-order valence-corrected chi connectivity index (χ0v) is 17.3. The van der Waals surface area contributed by atoms with E-state index >= 15 is 0 Å². The molecule has 2 aliphatic rings. The summed E-state index contributed by atoms with van der Waals surface area (Å²) in [6.07, 6.45) is 0.571. The van der Waals surface area contributed by atoms with Crippen molar-refractivity contribution in [1.82, 2.24) is 10.9 Å². The van der Waals surface area contributed by atoms with Gasteiger partial charge in [0.1, 0.15) is 23.1 Å². The van der Waals surface area contributed by atoms with Gasteiger partial charge in [0.05, 0.1) is 11.3 Å². The molecule has 1 aliphatic carbocycles. The normalized spacial score (nSPS) is 19.3. The molecule has 1 saturated heterocycles. The average molecular weight is 429 g/mol. The summed E-state index contributed by atoms with van der Waals surface area (Å²) in [6.45, 7) is 3.12. The summed E-state index contributed by atoms with van der Waals surface area (Å²) < 4.78 is 29.1. The first kappa shape index (κ1) is 20.7. The van der Waals surface area contributed by atoms with Crippen LogP contribution in [0.1, 0.15) is 31.9 Å². The minimum Gasteiger partial charge on any atom is -0.456 e. The van der Waals surface area contributed by atoms with E-state index < -0.39 is 15.4 Å². The van der Waals surface area contributed by atoms with Crippen LogP contribution in [0, 0.1) is 5.41 Å². The molecule has 2 aromatic rings. The van der Waals surface area contributed by atoms with Gasteiger partial charge in [-0.05, 0) is 42.0 Å². The fourth-order valence-electron chi connectivity index (χ4n) is 4.37. The molecular formula is C21H23N3O5S. The van der Waals surface area contributed by atoms with Crippen molar-refractivity contribution in [3.05, 3.63) is 47.7 Å². The van der Waals surface area contributed by atoms with Crippen LogP contribution >= 0.6 is 0 Å². The largest absolute Gasteiger partial charge is 0.456 e. The van der Waals surface area contributed by atoms with Crippen LogP contribution in [-0.2, 0) is 19.6 Å². The number of ketones is 2. The lowest BCUT2D eigenvalue weighted by Gasteiger charge is -2.34. The molecule has 0 radical (unpaired) electrons. The SMILES string of the molecule is CC1(C(=C2CNNC2)c2ccc(-c3ccc(S(N)(=O)=O)cc3)o2)CC(=O)CC(=O)C1. The number of hydrogen-bond donors (Lipinski definition) is 3. The number of nitrogens with one attached hydrogen (secondary N) is 2. The van der Waals surface area contributed by atoms with Gasteiger partial charge in [0.15, 0.2) is 0 Å². The molecule has 4 N–H and O–H groups in total. The fraction of sp³-hybridized carbons (Fsp3) is 0.333. The van der Waals surface area contributed by atoms with Crippen molar-refractivity contribution >= 4 is 27.2 Å². The summed E-state index contributed by atoms with van der Waals surface area (Å²) >= 11 is 0. The second-order valence-electron chi connectivity index (χ2n) is 8.09. The number of primary sulfonamides is 1. The van der Waals surface area contributed by atoms with Gasteiger partial charge in [-0.25, -0.2) is 13.6 Å². The lowest BCUT2D eigenvalue weighted by atomic mass is 9.67. The summed E-state index contributed by atoms with van der Waals surface area (Å²) in [4.78, 5) is 24.5. The molecule has 0 spiro atoms. The highest BCUT2D eigenvalue weighted by Crippen LogP contribution is 2.47. The number of hydrogen-bond acceptors (Lipinski definition) is 7. The molecule has 0 bridgehead atoms. The number of hydrazine groups is 1. The third-order valence-electron chi connectivity index (χ3n) is 5.57. The van der Waals surface area contributed by atoms with Crippen LogP contribution in [0.5, 0.6) is 0 Å². The molecule has 0 unspecified atom stereocenters. The molecule has 1 aromatic heterocycles. The molecular weight excluding hydrogens is 406 g/mol. The van der Waals surface area contributed by atoms with E-state index in [1.54, 1.807) is 18.2 Å². The van der Waals surface area contributed by atoms with E-state index in [1.165, 1.54) is 12.1 Å². The molecule has 2 heterocycles. The van der Waals surface area contributed by atoms with Gasteiger partial charge >= 0.3 is 0 Å². The van der Waals surface area contributed by atoms with Crippen LogP contribution in [0.3, 0.4) is 0 Å². The minimum absolute atomic E-state index is 0.00545. The van der Waals surface area contributed by atoms with Crippen LogP contribution in [0.25, 0.3) is 16.9 Å². The van der Waals surface area contributed by atoms with Crippen LogP contribution in [0.4, 0.5) is 0 Å². The summed E-state index contributed by atoms with van der Waals surface area (Å²) in [7, 11) is -3.77. The van der Waals surface area contributed by atoms with Crippen LogP contribution in [0.2, 0.25) is 0 Å². The highest BCUT2D eigenvalue weighted by Gasteiger charge is 2.42. The fourth-order valence-corrected chi connectivity index (χ4v) is 4.88. The number of furan rings is 1. The summed E-state index contributed by atoms with van der Waals surface area (Å²) in [6, 6.07) is 9.74. The van der Waals surface area contributed by atoms with E-state index in [0.29, 0.717) is 30.2 Å². The van der Waals surface area contributed by atoms with E-state index in [9.17, 15) is 18.0 Å². The Bertz CT molecular complexity index is 1120. The molecule has 8 nitrogen and oxygen atoms in total. The number of carbonyl (C=O) groups is 2. The monoisotopic (exact) mass is 429 g/mol. The zero-order valence-electron chi connectivity index (χ0n) is 16.5. The molecule has 158 valence electrons. The first-order chi connectivity index (χ1) is 14.2. The van der Waals surface area contributed by atoms with Crippen molar-refractivity contribution in [3.63, 3.8) is 0 Å². The number of benzene rings is 1. The highest BCUT2D eigenvalue weighted by molar-refractivity contribution is 7.89. The van der Waals surface area contributed by atoms with Gasteiger partial charge in [0.2, 0.25) is 10.0 Å². The summed E-state index contributed by atoms with van der Waals surface area (Å²) in [5.41, 5.74) is 8.12. The van der Waals surface area contributed by atoms with Crippen molar-refractivity contribution in [3.8, 4) is 11.3 Å². The van der Waals surface area contributed by atoms with E-state index in [1.807, 2.05) is 13.0 Å². The Morgan fingerprint density at radius 3 is 2.17 bits per heavy atom. The van der Waals surface area contributed by atoms with Crippen molar-refractivity contribution in [2.24, 2.45) is 10.6 Å². The maximum absolute atomic E-state index is 12.2. The van der Waals surface area contributed by atoms with Gasteiger partial charge in [0, 0.05) is 42.5 Å². The molecule has 0 atom stereocenters. The first-order valence-electron chi connectivity index (χ1n) is 9.61. The van der Waals surface area contributed by atoms with Gasteiger partial charge in [-0.2, -0.15) is 0 Å². The van der Waals surface area contributed by atoms with E-state index in [2.05, 4.69) is 10.9 Å². The number of Topliss-reactive ketones (excluding diaryl/α,β-unsaturated/α-hetero) is 2. The molecule has 2 fully saturated rings. The lowest BCUT2D eigenvalue weighted by molar-refractivity contribution is -0.132. The Hall–Kier alpha value is -2.59. The Morgan fingerprint density at radius 2 is 1.60 bits per heavy atom. The van der Waals surface area contributed by atoms with Crippen molar-refractivity contribution < 1.29 is 22.4 Å². The number of nitrogens with two attached hydrogens (primary N) is 1. The summed E-state index contributed by atoms with van der Waals surface area (Å²) in [5, 5.41) is 5.15. The maximum atomic E-state index is 12.2. The van der Waals surface area contributed by atoms with Crippen molar-refractivity contribution in [2.45, 2.75) is 31.1 Å². The predicted molar refractivity (Wildman–Crippen MR) is 110 cm³/mol. The maximum Gasteiger partial charge on any atom is 0.238 e. The van der Waals surface area contributed by atoms with Crippen LogP contribution in [-0.4, -0.2) is 33.1 Å². The molecule has 1 saturated carbocycles. The Morgan fingerprint density at radius 1 is 1.00 bits per heavy atom. The minimum atomic E-state index is -3.77. The third kappa shape index (κ3) is 4.01. The van der Waals surface area contributed by atoms with Gasteiger partial charge in [-0.15, -0.1) is 0 Å². The number of carbonyl (C=O) groups excluding carboxylic acids is 2. The predicted octanol–water partition coefficient (Wildman–Crippen LogP) is 1.78. The topological polar surface area (TPSA) is 132 Å². The first-order valence-corrected chi connectivity index (χ1v) is 11.2. The Kier molecular flexibility index (Phi) is 5.23. The van der Waals surface area contributed by atoms with Gasteiger partial charge in [-0.3, -0.25) is 20.4 Å². The second-order valence-corrected chi connectivity index (χ2v) is 9.65. The molecule has 1 aliphatic heterocycles. The van der Waals surface area contributed by atoms with Crippen molar-refractivity contribution in [2.75, 3.05) is 13.1 Å². The molecule has 4 rings (SSSR count). The van der Waals surface area contributed by atoms with E-state index in [-0.39, 0.29) is 35.7 Å². The van der Waals surface area contributed by atoms with Gasteiger partial charge in [0.25, 0.3) is 0 Å². The number of sulfonamides is 1. The van der Waals surface area contributed by atoms with E-state index in [4.69, 9.17) is 9.56 Å². The van der Waals surface area contributed by atoms with Gasteiger partial charge in [-0.1, -0.05) is 6.92 Å². The van der Waals surface area contributed by atoms with E-state index in [0.717, 1.165) is 11.1 Å². The lowest BCUT2D eigenvalue weighted by Crippen LogP contribution is -2.33. The quantitative estimate of drug-likeness (QED) is 0.631. The zero-order chi connectivity index (χ0) is 21.5. The molecule has 1 aromatic carbocycles. The molecule has 30 heavy (non-hydrogen) atoms. The molecule has 0 amide bonds. The smallest absolute Gasteiger partial charge is 0.238 e. The standard InChI is InChI=1S/C21H23N3O5S/c1-21(9-15(25)8-16(26)10-21)20(14-11-23-24-12-14)19-7-6-18(29-19)13-2-4-17(5-3-13)30(22,27)28/h2-7,23-24H,8-12H2,1H3,(H2,22,27,28). The van der Waals surface area contributed by atoms with Crippen LogP contribution < -0.4 is 16.0 Å². The third-order valence-corrected chi connectivity index (χ3v) is 6.50.